The Morgan fingerprint density at radius 2 is 1.97 bits per heavy atom. The molecule has 1 fully saturated rings. The molecule has 0 aliphatic carbocycles. The van der Waals surface area contributed by atoms with Gasteiger partial charge in [0.2, 0.25) is 5.91 Å². The van der Waals surface area contributed by atoms with E-state index < -0.39 is 10.0 Å². The molecular weight excluding hydrogens is 420 g/mol. The van der Waals surface area contributed by atoms with Gasteiger partial charge in [-0.1, -0.05) is 42.5 Å². The predicted octanol–water partition coefficient (Wildman–Crippen LogP) is 3.50. The second-order valence-electron chi connectivity index (χ2n) is 7.25. The lowest BCUT2D eigenvalue weighted by Crippen LogP contribution is -2.45. The van der Waals surface area contributed by atoms with Crippen molar-refractivity contribution in [3.05, 3.63) is 60.0 Å². The van der Waals surface area contributed by atoms with Crippen LogP contribution >= 0.6 is 11.3 Å². The average molecular weight is 445 g/mol. The smallest absolute Gasteiger partial charge is 0.252 e. The molecule has 1 atom stereocenters. The largest absolute Gasteiger partial charge is 0.491 e. The molecule has 1 N–H and O–H groups in total. The van der Waals surface area contributed by atoms with Gasteiger partial charge >= 0.3 is 0 Å². The van der Waals surface area contributed by atoms with E-state index in [1.54, 1.807) is 17.5 Å². The molecule has 0 radical (unpaired) electrons. The van der Waals surface area contributed by atoms with Crippen LogP contribution in [-0.2, 0) is 14.8 Å². The van der Waals surface area contributed by atoms with Gasteiger partial charge in [0.25, 0.3) is 10.0 Å². The highest BCUT2D eigenvalue weighted by atomic mass is 32.2. The summed E-state index contributed by atoms with van der Waals surface area (Å²) in [5.74, 6) is 0.321. The molecule has 3 aromatic rings. The van der Waals surface area contributed by atoms with Gasteiger partial charge in [0.15, 0.2) is 0 Å². The average Bonchev–Trinajstić information content (AvgIpc) is 3.33. The lowest BCUT2D eigenvalue weighted by molar-refractivity contribution is -0.126. The van der Waals surface area contributed by atoms with E-state index in [9.17, 15) is 13.2 Å². The number of hydrogen-bond donors (Lipinski definition) is 1. The summed E-state index contributed by atoms with van der Waals surface area (Å²) in [6.07, 6.45) is 1.36. The molecule has 0 unspecified atom stereocenters. The van der Waals surface area contributed by atoms with Crippen LogP contribution < -0.4 is 10.1 Å². The third kappa shape index (κ3) is 4.50. The SMILES string of the molecule is O=C(NCCOc1cccc2ccccc12)[C@@H]1CCCN(S(=O)(=O)c2cccs2)C1. The summed E-state index contributed by atoms with van der Waals surface area (Å²) < 4.78 is 33.1. The van der Waals surface area contributed by atoms with Crippen LogP contribution in [0.3, 0.4) is 0 Å². The number of fused-ring (bicyclic) bond motifs is 1. The number of carbonyl (C=O) groups is 1. The van der Waals surface area contributed by atoms with Gasteiger partial charge in [0, 0.05) is 18.5 Å². The van der Waals surface area contributed by atoms with Gasteiger partial charge in [-0.15, -0.1) is 11.3 Å². The molecule has 1 amide bonds. The second-order valence-corrected chi connectivity index (χ2v) is 10.4. The number of piperidine rings is 1. The van der Waals surface area contributed by atoms with Crippen LogP contribution in [0.2, 0.25) is 0 Å². The summed E-state index contributed by atoms with van der Waals surface area (Å²) in [4.78, 5) is 12.6. The zero-order chi connectivity index (χ0) is 21.0. The fourth-order valence-corrected chi connectivity index (χ4v) is 6.38. The molecule has 2 heterocycles. The molecule has 30 heavy (non-hydrogen) atoms. The fraction of sp³-hybridized carbons (Fsp3) is 0.318. The van der Waals surface area contributed by atoms with Crippen molar-refractivity contribution in [2.45, 2.75) is 17.1 Å². The van der Waals surface area contributed by atoms with Crippen molar-refractivity contribution in [3.63, 3.8) is 0 Å². The van der Waals surface area contributed by atoms with Crippen molar-refractivity contribution in [3.8, 4) is 5.75 Å². The van der Waals surface area contributed by atoms with E-state index in [2.05, 4.69) is 5.32 Å². The molecule has 158 valence electrons. The third-order valence-electron chi connectivity index (χ3n) is 5.25. The lowest BCUT2D eigenvalue weighted by atomic mass is 9.99. The number of nitrogens with zero attached hydrogens (tertiary/aromatic N) is 1. The molecule has 4 rings (SSSR count). The maximum Gasteiger partial charge on any atom is 0.252 e. The van der Waals surface area contributed by atoms with Crippen LogP contribution in [0.4, 0.5) is 0 Å². The van der Waals surface area contributed by atoms with Gasteiger partial charge in [0.05, 0.1) is 12.5 Å². The van der Waals surface area contributed by atoms with Crippen molar-refractivity contribution in [1.82, 2.24) is 9.62 Å². The zero-order valence-corrected chi connectivity index (χ0v) is 18.1. The van der Waals surface area contributed by atoms with Crippen LogP contribution in [0.5, 0.6) is 5.75 Å². The number of hydrogen-bond acceptors (Lipinski definition) is 5. The third-order valence-corrected chi connectivity index (χ3v) is 8.49. The highest BCUT2D eigenvalue weighted by molar-refractivity contribution is 7.91. The minimum absolute atomic E-state index is 0.123. The number of nitrogens with one attached hydrogen (secondary N) is 1. The molecule has 6 nitrogen and oxygen atoms in total. The Morgan fingerprint density at radius 3 is 2.80 bits per heavy atom. The summed E-state index contributed by atoms with van der Waals surface area (Å²) >= 11 is 1.20. The first kappa shape index (κ1) is 20.8. The minimum Gasteiger partial charge on any atom is -0.491 e. The van der Waals surface area contributed by atoms with Gasteiger partial charge < -0.3 is 10.1 Å². The summed E-state index contributed by atoms with van der Waals surface area (Å²) in [7, 11) is -3.52. The predicted molar refractivity (Wildman–Crippen MR) is 118 cm³/mol. The van der Waals surface area contributed by atoms with Crippen molar-refractivity contribution in [1.29, 1.82) is 0 Å². The fourth-order valence-electron chi connectivity index (χ4n) is 3.71. The van der Waals surface area contributed by atoms with Gasteiger partial charge in [-0.2, -0.15) is 4.31 Å². The Kier molecular flexibility index (Phi) is 6.36. The molecule has 1 saturated heterocycles. The number of carbonyl (C=O) groups excluding carboxylic acids is 1. The normalized spacial score (nSPS) is 17.7. The molecule has 0 saturated carbocycles. The summed E-state index contributed by atoms with van der Waals surface area (Å²) in [5, 5.41) is 6.78. The number of thiophene rings is 1. The number of rotatable bonds is 7. The molecule has 0 spiro atoms. The van der Waals surface area contributed by atoms with E-state index in [1.807, 2.05) is 42.5 Å². The Morgan fingerprint density at radius 1 is 1.13 bits per heavy atom. The van der Waals surface area contributed by atoms with Crippen molar-refractivity contribution >= 4 is 38.0 Å². The molecular formula is C22H24N2O4S2. The van der Waals surface area contributed by atoms with E-state index >= 15 is 0 Å². The topological polar surface area (TPSA) is 75.7 Å². The second kappa shape index (κ2) is 9.16. The monoisotopic (exact) mass is 444 g/mol. The molecule has 1 aliphatic heterocycles. The minimum atomic E-state index is -3.52. The number of amides is 1. The van der Waals surface area contributed by atoms with Crippen molar-refractivity contribution in [2.24, 2.45) is 5.92 Å². The maximum absolute atomic E-state index is 12.7. The van der Waals surface area contributed by atoms with Crippen LogP contribution in [0.1, 0.15) is 12.8 Å². The standard InChI is InChI=1S/C22H24N2O4S2/c25-22(18-8-4-13-24(16-18)30(26,27)21-11-5-15-29-21)23-12-14-28-20-10-3-7-17-6-1-2-9-19(17)20/h1-3,5-7,9-11,15,18H,4,8,12-14,16H2,(H,23,25)/t18-/m1/s1. The molecule has 8 heteroatoms. The summed E-state index contributed by atoms with van der Waals surface area (Å²) in [6.45, 7) is 1.39. The van der Waals surface area contributed by atoms with E-state index in [-0.39, 0.29) is 18.4 Å². The molecule has 1 aromatic heterocycles. The highest BCUT2D eigenvalue weighted by Crippen LogP contribution is 2.27. The molecule has 2 aromatic carbocycles. The Balaban J connectivity index is 1.30. The van der Waals surface area contributed by atoms with Gasteiger partial charge in [-0.05, 0) is 35.7 Å². The Bertz CT molecular complexity index is 1110. The Labute approximate surface area is 180 Å². The number of benzene rings is 2. The first-order valence-corrected chi connectivity index (χ1v) is 12.3. The van der Waals surface area contributed by atoms with Gasteiger partial charge in [-0.3, -0.25) is 4.79 Å². The highest BCUT2D eigenvalue weighted by Gasteiger charge is 2.33. The first-order valence-electron chi connectivity index (χ1n) is 9.97. The van der Waals surface area contributed by atoms with Crippen molar-refractivity contribution < 1.29 is 17.9 Å². The van der Waals surface area contributed by atoms with E-state index in [0.717, 1.165) is 16.5 Å². The molecule has 0 bridgehead atoms. The summed E-state index contributed by atoms with van der Waals surface area (Å²) in [6, 6.07) is 17.2. The number of ether oxygens (including phenoxy) is 1. The zero-order valence-electron chi connectivity index (χ0n) is 16.5. The van der Waals surface area contributed by atoms with Crippen LogP contribution in [0, 0.1) is 5.92 Å². The summed E-state index contributed by atoms with van der Waals surface area (Å²) in [5.41, 5.74) is 0. The van der Waals surface area contributed by atoms with E-state index in [0.29, 0.717) is 36.7 Å². The number of sulfonamides is 1. The van der Waals surface area contributed by atoms with Gasteiger partial charge in [-0.25, -0.2) is 8.42 Å². The van der Waals surface area contributed by atoms with E-state index in [4.69, 9.17) is 4.74 Å². The van der Waals surface area contributed by atoms with Crippen LogP contribution in [0.15, 0.2) is 64.2 Å². The van der Waals surface area contributed by atoms with Gasteiger partial charge in [0.1, 0.15) is 16.6 Å². The molecule has 1 aliphatic rings. The first-order chi connectivity index (χ1) is 14.6. The Hall–Kier alpha value is -2.42. The van der Waals surface area contributed by atoms with Crippen LogP contribution in [0.25, 0.3) is 10.8 Å². The van der Waals surface area contributed by atoms with E-state index in [1.165, 1.54) is 15.6 Å². The van der Waals surface area contributed by atoms with Crippen molar-refractivity contribution in [2.75, 3.05) is 26.2 Å². The lowest BCUT2D eigenvalue weighted by Gasteiger charge is -2.30. The van der Waals surface area contributed by atoms with Crippen LogP contribution in [-0.4, -0.2) is 44.9 Å². The maximum atomic E-state index is 12.7. The quantitative estimate of drug-likeness (QED) is 0.566.